The van der Waals surface area contributed by atoms with Crippen LogP contribution in [0, 0.1) is 19.3 Å². The molecule has 1 N–H and O–H groups in total. The number of hydrogen-bond donors (Lipinski definition) is 1. The van der Waals surface area contributed by atoms with Crippen molar-refractivity contribution in [2.45, 2.75) is 56.7 Å². The van der Waals surface area contributed by atoms with Crippen LogP contribution in [0.3, 0.4) is 0 Å². The number of aromatic nitrogens is 1. The molecule has 3 heterocycles. The predicted octanol–water partition coefficient (Wildman–Crippen LogP) is 2.66. The summed E-state index contributed by atoms with van der Waals surface area (Å²) in [6.45, 7) is 8.53. The highest BCUT2D eigenvalue weighted by molar-refractivity contribution is 7.92. The second-order valence-electron chi connectivity index (χ2n) is 8.71. The molecule has 2 aliphatic rings. The van der Waals surface area contributed by atoms with Crippen molar-refractivity contribution in [1.29, 1.82) is 0 Å². The van der Waals surface area contributed by atoms with E-state index in [1.165, 1.54) is 13.8 Å². The van der Waals surface area contributed by atoms with Crippen LogP contribution in [0.15, 0.2) is 11.0 Å². The fourth-order valence-corrected chi connectivity index (χ4v) is 6.52. The molecule has 1 aromatic rings. The zero-order chi connectivity index (χ0) is 22.0. The van der Waals surface area contributed by atoms with Gasteiger partial charge in [-0.15, -0.1) is 0 Å². The van der Waals surface area contributed by atoms with Crippen molar-refractivity contribution in [2.75, 3.05) is 19.6 Å². The lowest BCUT2D eigenvalue weighted by molar-refractivity contribution is -0.141. The minimum absolute atomic E-state index is 0.0525. The summed E-state index contributed by atoms with van der Waals surface area (Å²) >= 11 is 0. The maximum absolute atomic E-state index is 13.5. The monoisotopic (exact) mass is 435 g/mol. The fourth-order valence-electron chi connectivity index (χ4n) is 3.94. The zero-order valence-electron chi connectivity index (χ0n) is 16.8. The highest BCUT2D eigenvalue weighted by Crippen LogP contribution is 2.47. The first-order valence-corrected chi connectivity index (χ1v) is 10.6. The Balaban J connectivity index is 2.03. The van der Waals surface area contributed by atoms with Crippen molar-refractivity contribution in [1.82, 2.24) is 15.2 Å². The van der Waals surface area contributed by atoms with E-state index in [9.17, 15) is 26.4 Å². The highest BCUT2D eigenvalue weighted by atomic mass is 32.2. The molecule has 0 saturated carbocycles. The number of carbonyl (C=O) groups is 1. The van der Waals surface area contributed by atoms with Crippen LogP contribution in [0.4, 0.5) is 18.0 Å². The van der Waals surface area contributed by atoms with Crippen molar-refractivity contribution in [2.24, 2.45) is 5.41 Å². The summed E-state index contributed by atoms with van der Waals surface area (Å²) in [5.74, 6) is 0. The molecular formula is C18H24F3N3O4S. The average Bonchev–Trinajstić information content (AvgIpc) is 2.39. The Hall–Kier alpha value is -1.88. The number of nitrogens with one attached hydrogen (secondary N) is 1. The van der Waals surface area contributed by atoms with Gasteiger partial charge in [0.25, 0.3) is 0 Å². The lowest BCUT2D eigenvalue weighted by atomic mass is 9.74. The van der Waals surface area contributed by atoms with Gasteiger partial charge in [0.15, 0.2) is 5.37 Å². The van der Waals surface area contributed by atoms with Gasteiger partial charge in [-0.05, 0) is 46.2 Å². The van der Waals surface area contributed by atoms with Crippen LogP contribution >= 0.6 is 0 Å². The summed E-state index contributed by atoms with van der Waals surface area (Å²) < 4.78 is 71.4. The minimum Gasteiger partial charge on any atom is -0.444 e. The first-order valence-electron chi connectivity index (χ1n) is 9.08. The summed E-state index contributed by atoms with van der Waals surface area (Å²) in [7, 11) is -4.19. The number of rotatable bonds is 2. The van der Waals surface area contributed by atoms with Gasteiger partial charge in [-0.3, -0.25) is 4.90 Å². The number of hydrogen-bond acceptors (Lipinski definition) is 6. The highest BCUT2D eigenvalue weighted by Gasteiger charge is 2.64. The molecular weight excluding hydrogens is 411 g/mol. The summed E-state index contributed by atoms with van der Waals surface area (Å²) in [6.07, 6.45) is -5.45. The van der Waals surface area contributed by atoms with E-state index in [-0.39, 0.29) is 22.7 Å². The topological polar surface area (TPSA) is 88.6 Å². The lowest BCUT2D eigenvalue weighted by Crippen LogP contribution is -2.79. The normalized spacial score (nSPS) is 21.5. The third kappa shape index (κ3) is 3.70. The molecule has 1 amide bonds. The number of halogens is 3. The lowest BCUT2D eigenvalue weighted by Gasteiger charge is -2.60. The number of sulfone groups is 1. The zero-order valence-corrected chi connectivity index (χ0v) is 17.7. The average molecular weight is 435 g/mol. The van der Waals surface area contributed by atoms with Gasteiger partial charge in [-0.25, -0.2) is 18.2 Å². The summed E-state index contributed by atoms with van der Waals surface area (Å²) in [5, 5.41) is 1.80. The standard InChI is InChI=1S/C18H24F3N3O4S/c1-10-6-12(18(19,20)21)23-11(2)13(10)29(26,27)14-17(7-22-8-17)9-24(14)15(25)28-16(3,4)5/h6,14,22H,7-9H2,1-5H3. The van der Waals surface area contributed by atoms with Crippen LogP contribution in [-0.4, -0.2) is 55.0 Å². The number of carbonyl (C=O) groups excluding carboxylic acids is 1. The summed E-state index contributed by atoms with van der Waals surface area (Å²) in [5.41, 5.74) is -2.94. The van der Waals surface area contributed by atoms with Gasteiger partial charge in [-0.2, -0.15) is 13.2 Å². The molecule has 2 aliphatic heterocycles. The summed E-state index contributed by atoms with van der Waals surface area (Å²) in [4.78, 5) is 16.9. The fraction of sp³-hybridized carbons (Fsp3) is 0.667. The van der Waals surface area contributed by atoms with Crippen LogP contribution in [0.1, 0.15) is 37.7 Å². The van der Waals surface area contributed by atoms with Crippen LogP contribution in [0.2, 0.25) is 0 Å². The Bertz CT molecular complexity index is 927. The van der Waals surface area contributed by atoms with E-state index in [1.54, 1.807) is 20.8 Å². The SMILES string of the molecule is Cc1cc(C(F)(F)F)nc(C)c1S(=O)(=O)C1N(C(=O)OC(C)(C)C)CC12CNC2. The molecule has 1 unspecified atom stereocenters. The minimum atomic E-state index is -4.68. The molecule has 162 valence electrons. The largest absolute Gasteiger partial charge is 0.444 e. The maximum Gasteiger partial charge on any atom is 0.433 e. The number of alkyl halides is 3. The molecule has 0 aromatic carbocycles. The van der Waals surface area contributed by atoms with Gasteiger partial charge in [0.1, 0.15) is 11.3 Å². The van der Waals surface area contributed by atoms with Gasteiger partial charge in [-0.1, -0.05) is 0 Å². The number of pyridine rings is 1. The summed E-state index contributed by atoms with van der Waals surface area (Å²) in [6, 6.07) is 0.724. The van der Waals surface area contributed by atoms with Crippen LogP contribution in [0.25, 0.3) is 0 Å². The third-order valence-corrected chi connectivity index (χ3v) is 7.60. The Morgan fingerprint density at radius 1 is 1.28 bits per heavy atom. The van der Waals surface area contributed by atoms with E-state index >= 15 is 0 Å². The number of nitrogens with zero attached hydrogens (tertiary/aromatic N) is 2. The van der Waals surface area contributed by atoms with E-state index in [0.717, 1.165) is 11.0 Å². The Morgan fingerprint density at radius 2 is 1.86 bits per heavy atom. The van der Waals surface area contributed by atoms with Gasteiger partial charge < -0.3 is 10.1 Å². The number of aryl methyl sites for hydroxylation is 2. The van der Waals surface area contributed by atoms with Crippen LogP contribution in [-0.2, 0) is 20.8 Å². The van der Waals surface area contributed by atoms with Gasteiger partial charge in [0.2, 0.25) is 9.84 Å². The molecule has 2 saturated heterocycles. The molecule has 1 aromatic heterocycles. The smallest absolute Gasteiger partial charge is 0.433 e. The molecule has 0 radical (unpaired) electrons. The van der Waals surface area contributed by atoms with Crippen molar-refractivity contribution in [3.05, 3.63) is 23.0 Å². The number of amides is 1. The van der Waals surface area contributed by atoms with Crippen LogP contribution < -0.4 is 5.32 Å². The Kier molecular flexibility index (Phi) is 4.94. The third-order valence-electron chi connectivity index (χ3n) is 5.07. The van der Waals surface area contributed by atoms with Gasteiger partial charge in [0.05, 0.1) is 10.6 Å². The first-order chi connectivity index (χ1) is 13.1. The van der Waals surface area contributed by atoms with E-state index < -0.39 is 44.2 Å². The van der Waals surface area contributed by atoms with E-state index in [2.05, 4.69) is 10.3 Å². The molecule has 29 heavy (non-hydrogen) atoms. The van der Waals surface area contributed by atoms with Crippen molar-refractivity contribution < 1.29 is 31.1 Å². The molecule has 3 rings (SSSR count). The molecule has 1 spiro atoms. The maximum atomic E-state index is 13.5. The molecule has 11 heteroatoms. The van der Waals surface area contributed by atoms with Gasteiger partial charge in [0, 0.05) is 25.0 Å². The Morgan fingerprint density at radius 3 is 2.28 bits per heavy atom. The van der Waals surface area contributed by atoms with Crippen molar-refractivity contribution >= 4 is 15.9 Å². The van der Waals surface area contributed by atoms with Crippen molar-refractivity contribution in [3.8, 4) is 0 Å². The second-order valence-corrected chi connectivity index (χ2v) is 10.7. The molecule has 1 atom stereocenters. The Labute approximate surface area is 167 Å². The van der Waals surface area contributed by atoms with E-state index in [0.29, 0.717) is 13.1 Å². The van der Waals surface area contributed by atoms with E-state index in [4.69, 9.17) is 4.74 Å². The predicted molar refractivity (Wildman–Crippen MR) is 97.9 cm³/mol. The number of ether oxygens (including phenoxy) is 1. The van der Waals surface area contributed by atoms with Gasteiger partial charge >= 0.3 is 12.3 Å². The number of likely N-dealkylation sites (tertiary alicyclic amines) is 1. The quantitative estimate of drug-likeness (QED) is 0.769. The molecule has 0 bridgehead atoms. The molecule has 2 fully saturated rings. The van der Waals surface area contributed by atoms with E-state index in [1.807, 2.05) is 0 Å². The molecule has 0 aliphatic carbocycles. The van der Waals surface area contributed by atoms with Crippen LogP contribution in [0.5, 0.6) is 0 Å². The molecule has 7 nitrogen and oxygen atoms in total. The first kappa shape index (κ1) is 21.8. The van der Waals surface area contributed by atoms with Crippen molar-refractivity contribution in [3.63, 3.8) is 0 Å². The second kappa shape index (κ2) is 6.56.